The van der Waals surface area contributed by atoms with E-state index >= 15 is 0 Å². The monoisotopic (exact) mass is 285 g/mol. The molecule has 2 aliphatic rings. The van der Waals surface area contributed by atoms with Crippen molar-refractivity contribution in [2.45, 2.75) is 19.3 Å². The van der Waals surface area contributed by atoms with Crippen LogP contribution in [-0.2, 0) is 9.53 Å². The van der Waals surface area contributed by atoms with Gasteiger partial charge in [-0.15, -0.1) is 0 Å². The molecule has 1 aromatic rings. The van der Waals surface area contributed by atoms with Crippen LogP contribution < -0.4 is 0 Å². The smallest absolute Gasteiger partial charge is 0.226 e. The highest BCUT2D eigenvalue weighted by atomic mass is 16.5. The molecule has 2 aliphatic carbocycles. The van der Waals surface area contributed by atoms with Gasteiger partial charge in [-0.2, -0.15) is 0 Å². The van der Waals surface area contributed by atoms with Crippen LogP contribution in [0, 0.1) is 11.3 Å². The fraction of sp³-hybridized carbons (Fsp3) is 0.500. The van der Waals surface area contributed by atoms with Crippen molar-refractivity contribution >= 4 is 12.0 Å². The Balaban J connectivity index is 1.57. The SMILES string of the molecule is COCCN(C/C=C/c1ccccc1)C(=O)[C@H]1CC12CC2. The van der Waals surface area contributed by atoms with Crippen LogP contribution in [-0.4, -0.2) is 37.6 Å². The van der Waals surface area contributed by atoms with Gasteiger partial charge in [0.15, 0.2) is 0 Å². The summed E-state index contributed by atoms with van der Waals surface area (Å²) in [5.41, 5.74) is 1.59. The normalized spacial score (nSPS) is 21.7. The molecule has 1 amide bonds. The van der Waals surface area contributed by atoms with Gasteiger partial charge < -0.3 is 9.64 Å². The molecule has 3 nitrogen and oxygen atoms in total. The van der Waals surface area contributed by atoms with E-state index in [1.165, 1.54) is 18.4 Å². The lowest BCUT2D eigenvalue weighted by Gasteiger charge is -2.21. The van der Waals surface area contributed by atoms with Crippen molar-refractivity contribution in [2.24, 2.45) is 11.3 Å². The Labute approximate surface area is 126 Å². The van der Waals surface area contributed by atoms with Gasteiger partial charge in [0.05, 0.1) is 6.61 Å². The minimum atomic E-state index is 0.291. The zero-order valence-corrected chi connectivity index (χ0v) is 12.6. The first-order valence-electron chi connectivity index (χ1n) is 7.74. The molecule has 0 bridgehead atoms. The number of carbonyl (C=O) groups is 1. The third-order valence-corrected chi connectivity index (χ3v) is 4.69. The summed E-state index contributed by atoms with van der Waals surface area (Å²) in [5.74, 6) is 0.613. The maximum atomic E-state index is 12.5. The second kappa shape index (κ2) is 6.02. The number of ether oxygens (including phenoxy) is 1. The zero-order chi connectivity index (χ0) is 14.7. The van der Waals surface area contributed by atoms with E-state index in [4.69, 9.17) is 4.74 Å². The van der Waals surface area contributed by atoms with E-state index in [1.54, 1.807) is 7.11 Å². The molecule has 0 unspecified atom stereocenters. The molecular weight excluding hydrogens is 262 g/mol. The molecule has 21 heavy (non-hydrogen) atoms. The molecule has 0 radical (unpaired) electrons. The number of hydrogen-bond donors (Lipinski definition) is 0. The zero-order valence-electron chi connectivity index (χ0n) is 12.6. The molecule has 1 atom stereocenters. The summed E-state index contributed by atoms with van der Waals surface area (Å²) in [6.45, 7) is 1.95. The van der Waals surface area contributed by atoms with Gasteiger partial charge in [0, 0.05) is 26.1 Å². The van der Waals surface area contributed by atoms with E-state index in [0.29, 0.717) is 36.9 Å². The molecule has 3 heteroatoms. The lowest BCUT2D eigenvalue weighted by Crippen LogP contribution is -2.35. The fourth-order valence-electron chi connectivity index (χ4n) is 3.00. The Kier molecular flexibility index (Phi) is 4.11. The van der Waals surface area contributed by atoms with Crippen molar-refractivity contribution < 1.29 is 9.53 Å². The number of carbonyl (C=O) groups excluding carboxylic acids is 1. The van der Waals surface area contributed by atoms with Gasteiger partial charge >= 0.3 is 0 Å². The van der Waals surface area contributed by atoms with Crippen LogP contribution in [0.4, 0.5) is 0 Å². The molecule has 1 spiro atoms. The van der Waals surface area contributed by atoms with Crippen LogP contribution in [0.15, 0.2) is 36.4 Å². The molecule has 0 N–H and O–H groups in total. The highest BCUT2D eigenvalue weighted by molar-refractivity contribution is 5.83. The Morgan fingerprint density at radius 1 is 1.38 bits per heavy atom. The topological polar surface area (TPSA) is 29.5 Å². The van der Waals surface area contributed by atoms with Gasteiger partial charge in [0.25, 0.3) is 0 Å². The molecule has 3 rings (SSSR count). The average Bonchev–Trinajstić information content (AvgIpc) is 3.43. The van der Waals surface area contributed by atoms with E-state index in [0.717, 1.165) is 6.42 Å². The highest BCUT2D eigenvalue weighted by Crippen LogP contribution is 2.70. The van der Waals surface area contributed by atoms with Crippen molar-refractivity contribution in [3.63, 3.8) is 0 Å². The van der Waals surface area contributed by atoms with Gasteiger partial charge in [0.1, 0.15) is 0 Å². The molecular formula is C18H23NO2. The molecule has 2 fully saturated rings. The summed E-state index contributed by atoms with van der Waals surface area (Å²) in [6, 6.07) is 10.2. The molecule has 0 saturated heterocycles. The Bertz CT molecular complexity index is 519. The van der Waals surface area contributed by atoms with Crippen LogP contribution in [0.1, 0.15) is 24.8 Å². The molecule has 0 aliphatic heterocycles. The quantitative estimate of drug-likeness (QED) is 0.771. The summed E-state index contributed by atoms with van der Waals surface area (Å²) in [7, 11) is 1.68. The van der Waals surface area contributed by atoms with Crippen molar-refractivity contribution in [2.75, 3.05) is 26.8 Å². The van der Waals surface area contributed by atoms with Crippen LogP contribution in [0.25, 0.3) is 6.08 Å². The number of amides is 1. The average molecular weight is 285 g/mol. The van der Waals surface area contributed by atoms with Crippen LogP contribution in [0.2, 0.25) is 0 Å². The molecule has 2 saturated carbocycles. The van der Waals surface area contributed by atoms with E-state index in [-0.39, 0.29) is 0 Å². The number of rotatable bonds is 7. The van der Waals surface area contributed by atoms with E-state index in [2.05, 4.69) is 24.3 Å². The van der Waals surface area contributed by atoms with Gasteiger partial charge in [-0.25, -0.2) is 0 Å². The first kappa shape index (κ1) is 14.3. The number of benzene rings is 1. The lowest BCUT2D eigenvalue weighted by atomic mass is 10.2. The molecule has 112 valence electrons. The summed E-state index contributed by atoms with van der Waals surface area (Å²) in [4.78, 5) is 14.5. The van der Waals surface area contributed by atoms with Crippen molar-refractivity contribution in [1.82, 2.24) is 4.90 Å². The molecule has 0 aromatic heterocycles. The number of hydrogen-bond acceptors (Lipinski definition) is 2. The lowest BCUT2D eigenvalue weighted by molar-refractivity contribution is -0.133. The predicted molar refractivity (Wildman–Crippen MR) is 83.7 cm³/mol. The maximum absolute atomic E-state index is 12.5. The van der Waals surface area contributed by atoms with Crippen LogP contribution in [0.5, 0.6) is 0 Å². The van der Waals surface area contributed by atoms with Crippen molar-refractivity contribution in [3.8, 4) is 0 Å². The first-order chi connectivity index (χ1) is 10.2. The number of methoxy groups -OCH3 is 1. The summed E-state index contributed by atoms with van der Waals surface area (Å²) in [5, 5.41) is 0. The Morgan fingerprint density at radius 3 is 2.76 bits per heavy atom. The van der Waals surface area contributed by atoms with Gasteiger partial charge in [-0.1, -0.05) is 42.5 Å². The van der Waals surface area contributed by atoms with E-state index in [1.807, 2.05) is 23.1 Å². The second-order valence-corrected chi connectivity index (χ2v) is 6.21. The summed E-state index contributed by atoms with van der Waals surface area (Å²) < 4.78 is 5.14. The first-order valence-corrected chi connectivity index (χ1v) is 7.74. The Hall–Kier alpha value is -1.61. The van der Waals surface area contributed by atoms with Crippen molar-refractivity contribution in [3.05, 3.63) is 42.0 Å². The highest BCUT2D eigenvalue weighted by Gasteiger charge is 2.66. The fourth-order valence-corrected chi connectivity index (χ4v) is 3.00. The summed E-state index contributed by atoms with van der Waals surface area (Å²) in [6.07, 6.45) is 7.76. The number of nitrogens with zero attached hydrogens (tertiary/aromatic N) is 1. The van der Waals surface area contributed by atoms with Gasteiger partial charge in [-0.05, 0) is 30.2 Å². The summed E-state index contributed by atoms with van der Waals surface area (Å²) >= 11 is 0. The minimum absolute atomic E-state index is 0.291. The molecule has 0 heterocycles. The van der Waals surface area contributed by atoms with E-state index in [9.17, 15) is 4.79 Å². The van der Waals surface area contributed by atoms with Gasteiger partial charge in [-0.3, -0.25) is 4.79 Å². The third-order valence-electron chi connectivity index (χ3n) is 4.69. The standard InChI is InChI=1S/C18H23NO2/c1-21-13-12-19(17(20)16-14-18(16)9-10-18)11-5-8-15-6-3-2-4-7-15/h2-8,16H,9-14H2,1H3/b8-5+/t16-/m1/s1. The predicted octanol–water partition coefficient (Wildman–Crippen LogP) is 2.97. The largest absolute Gasteiger partial charge is 0.383 e. The second-order valence-electron chi connectivity index (χ2n) is 6.21. The van der Waals surface area contributed by atoms with E-state index < -0.39 is 0 Å². The third kappa shape index (κ3) is 3.35. The Morgan fingerprint density at radius 2 is 2.14 bits per heavy atom. The maximum Gasteiger partial charge on any atom is 0.226 e. The van der Waals surface area contributed by atoms with Crippen LogP contribution in [0.3, 0.4) is 0 Å². The minimum Gasteiger partial charge on any atom is -0.383 e. The van der Waals surface area contributed by atoms with Crippen LogP contribution >= 0.6 is 0 Å². The van der Waals surface area contributed by atoms with Crippen molar-refractivity contribution in [1.29, 1.82) is 0 Å². The van der Waals surface area contributed by atoms with Gasteiger partial charge in [0.2, 0.25) is 5.91 Å². The molecule has 1 aromatic carbocycles.